The number of likely N-dealkylation sites (tertiary alicyclic amines) is 2. The van der Waals surface area contributed by atoms with Crippen molar-refractivity contribution in [1.29, 1.82) is 0 Å². The molecule has 0 bridgehead atoms. The van der Waals surface area contributed by atoms with Gasteiger partial charge in [0.05, 0.1) is 52.7 Å². The number of nitrogens with zero attached hydrogens (tertiary/aromatic N) is 6. The van der Waals surface area contributed by atoms with Gasteiger partial charge in [0.25, 0.3) is 5.91 Å². The quantitative estimate of drug-likeness (QED) is 0.0381. The second-order valence-electron chi connectivity index (χ2n) is 24.5. The number of benzene rings is 4. The number of aromatic nitrogens is 3. The number of rotatable bonds is 17. The molecule has 4 amide bonds. The molecule has 0 unspecified atom stereocenters. The summed E-state index contributed by atoms with van der Waals surface area (Å²) in [6.07, 6.45) is 6.77. The Kier molecular flexibility index (Phi) is 18.8. The van der Waals surface area contributed by atoms with Crippen LogP contribution < -0.4 is 25.6 Å². The standard InChI is InChI=1S/C67H75N9O8S3/c1-42-57(85-41-69-42)46-21-17-44(18-22-46)38-68-61(80)53-37-48(77)39-76(53)62(81)58(66(2,3)4)72-59(78)47-25-28-67(29-26-47)30-34-74(35-31-67)32-9-11-43-19-23-49(24-20-43)84-36-10-16-55-56(63(82)83-5)71-65(87-55)75-33-27-45-12-8-13-50(51(45)40-75)60(79)73-64-70-52-14-6-7-15-54(52)86-64/h6-8,12-15,17-24,41,47-48,53,58,77H,10,16,25-40H2,1-5H3,(H,68,80)(H,72,78)(H,70,73,79)/t48-,53+,58-/m1/s1. The summed E-state index contributed by atoms with van der Waals surface area (Å²) in [5, 5.41) is 21.2. The zero-order valence-electron chi connectivity index (χ0n) is 50.0. The van der Waals surface area contributed by atoms with Crippen molar-refractivity contribution in [2.24, 2.45) is 16.7 Å². The normalized spacial score (nSPS) is 18.1. The predicted octanol–water partition coefficient (Wildman–Crippen LogP) is 10.2. The van der Waals surface area contributed by atoms with Crippen molar-refractivity contribution in [1.82, 2.24) is 35.4 Å². The van der Waals surface area contributed by atoms with Gasteiger partial charge in [-0.3, -0.25) is 29.4 Å². The number of esters is 1. The first kappa shape index (κ1) is 61.1. The molecule has 4 N–H and O–H groups in total. The molecule has 4 aliphatic rings. The van der Waals surface area contributed by atoms with Crippen molar-refractivity contribution >= 4 is 84.1 Å². The van der Waals surface area contributed by atoms with Crippen LogP contribution in [0.5, 0.6) is 5.75 Å². The number of carbonyl (C=O) groups is 5. The summed E-state index contributed by atoms with van der Waals surface area (Å²) in [5.41, 5.74) is 9.03. The van der Waals surface area contributed by atoms with Crippen LogP contribution in [0.1, 0.15) is 126 Å². The van der Waals surface area contributed by atoms with Gasteiger partial charge in [-0.2, -0.15) is 0 Å². The zero-order valence-corrected chi connectivity index (χ0v) is 52.4. The van der Waals surface area contributed by atoms with Crippen molar-refractivity contribution in [3.63, 3.8) is 0 Å². The third-order valence-corrected chi connectivity index (χ3v) is 20.7. The summed E-state index contributed by atoms with van der Waals surface area (Å²) in [6.45, 7) is 12.2. The van der Waals surface area contributed by atoms with Crippen LogP contribution in [0.3, 0.4) is 0 Å². The van der Waals surface area contributed by atoms with Gasteiger partial charge in [-0.05, 0) is 153 Å². The molecule has 3 aromatic heterocycles. The van der Waals surface area contributed by atoms with Crippen LogP contribution >= 0.6 is 34.0 Å². The molecule has 1 spiro atoms. The summed E-state index contributed by atoms with van der Waals surface area (Å²) >= 11 is 4.51. The highest BCUT2D eigenvalue weighted by molar-refractivity contribution is 7.22. The minimum absolute atomic E-state index is 0.0292. The lowest BCUT2D eigenvalue weighted by atomic mass is 9.65. The lowest BCUT2D eigenvalue weighted by Crippen LogP contribution is -2.58. The molecule has 3 atom stereocenters. The smallest absolute Gasteiger partial charge is 0.357 e. The van der Waals surface area contributed by atoms with E-state index in [0.717, 1.165) is 117 Å². The molecule has 1 aliphatic carbocycles. The Morgan fingerprint density at radius 3 is 2.38 bits per heavy atom. The number of β-amino-alcohol motifs (C(OH)–C–C–N with tert-alkyl or cyclic N) is 1. The van der Waals surface area contributed by atoms with Crippen molar-refractivity contribution in [3.05, 3.63) is 141 Å². The molecule has 454 valence electrons. The highest BCUT2D eigenvalue weighted by Gasteiger charge is 2.46. The Hall–Kier alpha value is -7.54. The number of hydrogen-bond acceptors (Lipinski definition) is 16. The van der Waals surface area contributed by atoms with Gasteiger partial charge in [0.1, 0.15) is 17.8 Å². The molecular weight excluding hydrogens is 1150 g/mol. The van der Waals surface area contributed by atoms with E-state index in [1.807, 2.05) is 118 Å². The molecule has 6 heterocycles. The number of aryl methyl sites for hydroxylation is 2. The summed E-state index contributed by atoms with van der Waals surface area (Å²) in [6, 6.07) is 27.7. The molecule has 87 heavy (non-hydrogen) atoms. The molecule has 11 rings (SSSR count). The van der Waals surface area contributed by atoms with E-state index in [1.54, 1.807) is 11.3 Å². The average Bonchev–Trinajstić information content (AvgIpc) is 3.88. The number of aliphatic hydroxyl groups is 1. The highest BCUT2D eigenvalue weighted by Crippen LogP contribution is 2.47. The largest absolute Gasteiger partial charge is 0.494 e. The van der Waals surface area contributed by atoms with E-state index in [1.165, 1.54) is 34.7 Å². The fourth-order valence-corrected chi connectivity index (χ4v) is 15.3. The number of thiazole rings is 3. The number of ether oxygens (including phenoxy) is 2. The number of para-hydroxylation sites is 1. The number of amides is 4. The van der Waals surface area contributed by atoms with Crippen molar-refractivity contribution < 1.29 is 38.6 Å². The molecule has 4 aromatic carbocycles. The van der Waals surface area contributed by atoms with Gasteiger partial charge in [-0.1, -0.05) is 92.5 Å². The molecule has 0 radical (unpaired) electrons. The van der Waals surface area contributed by atoms with E-state index in [2.05, 4.69) is 53.6 Å². The van der Waals surface area contributed by atoms with E-state index in [9.17, 15) is 29.1 Å². The van der Waals surface area contributed by atoms with E-state index in [0.29, 0.717) is 60.6 Å². The molecule has 7 aromatic rings. The Morgan fingerprint density at radius 1 is 0.885 bits per heavy atom. The van der Waals surface area contributed by atoms with E-state index in [4.69, 9.17) is 14.5 Å². The fourth-order valence-electron chi connectivity index (χ4n) is 12.5. The highest BCUT2D eigenvalue weighted by atomic mass is 32.1. The first-order chi connectivity index (χ1) is 42.0. The summed E-state index contributed by atoms with van der Waals surface area (Å²) in [5.74, 6) is 5.76. The Labute approximate surface area is 520 Å². The van der Waals surface area contributed by atoms with E-state index >= 15 is 0 Å². The van der Waals surface area contributed by atoms with Crippen LogP contribution in [-0.4, -0.2) is 124 Å². The number of nitrogens with one attached hydrogen (secondary N) is 3. The third kappa shape index (κ3) is 14.4. The zero-order chi connectivity index (χ0) is 60.8. The van der Waals surface area contributed by atoms with Crippen LogP contribution in [0.15, 0.2) is 96.5 Å². The van der Waals surface area contributed by atoms with Crippen molar-refractivity contribution in [2.45, 2.75) is 123 Å². The van der Waals surface area contributed by atoms with Gasteiger partial charge in [0.15, 0.2) is 16.0 Å². The Morgan fingerprint density at radius 2 is 1.66 bits per heavy atom. The molecule has 1 saturated carbocycles. The van der Waals surface area contributed by atoms with Gasteiger partial charge in [-0.25, -0.2) is 19.7 Å². The molecular formula is C67H75N9O8S3. The van der Waals surface area contributed by atoms with Crippen molar-refractivity contribution in [3.8, 4) is 28.0 Å². The van der Waals surface area contributed by atoms with Crippen LogP contribution in [-0.2, 0) is 45.1 Å². The van der Waals surface area contributed by atoms with E-state index in [-0.39, 0.29) is 54.5 Å². The van der Waals surface area contributed by atoms with Crippen LogP contribution in [0.4, 0.5) is 10.3 Å². The van der Waals surface area contributed by atoms with E-state index < -0.39 is 29.6 Å². The minimum atomic E-state index is -0.865. The first-order valence-corrected chi connectivity index (χ1v) is 32.6. The number of fused-ring (bicyclic) bond motifs is 2. The summed E-state index contributed by atoms with van der Waals surface area (Å²) < 4.78 is 12.3. The number of piperidine rings is 1. The van der Waals surface area contributed by atoms with Gasteiger partial charge in [-0.15, -0.1) is 22.7 Å². The second-order valence-corrected chi connectivity index (χ2v) is 27.5. The Bertz CT molecular complexity index is 3660. The van der Waals surface area contributed by atoms with Gasteiger partial charge in [0.2, 0.25) is 17.7 Å². The molecule has 20 heteroatoms. The molecule has 17 nitrogen and oxygen atoms in total. The number of carbonyl (C=O) groups excluding carboxylic acids is 5. The van der Waals surface area contributed by atoms with Crippen molar-refractivity contribution in [2.75, 3.05) is 56.7 Å². The number of hydrogen-bond donors (Lipinski definition) is 4. The molecule has 3 fully saturated rings. The summed E-state index contributed by atoms with van der Waals surface area (Å²) in [7, 11) is 1.37. The van der Waals surface area contributed by atoms with Crippen LogP contribution in [0, 0.1) is 35.5 Å². The maximum Gasteiger partial charge on any atom is 0.357 e. The van der Waals surface area contributed by atoms with Crippen LogP contribution in [0.2, 0.25) is 0 Å². The lowest BCUT2D eigenvalue weighted by Gasteiger charge is -2.45. The summed E-state index contributed by atoms with van der Waals surface area (Å²) in [4.78, 5) is 90.3. The first-order valence-electron chi connectivity index (χ1n) is 30.1. The third-order valence-electron chi connectivity index (χ3n) is 17.6. The van der Waals surface area contributed by atoms with Gasteiger partial charge < -0.3 is 35.0 Å². The monoisotopic (exact) mass is 1230 g/mol. The number of aliphatic hydroxyl groups excluding tert-OH is 1. The lowest BCUT2D eigenvalue weighted by molar-refractivity contribution is -0.145. The predicted molar refractivity (Wildman–Crippen MR) is 341 cm³/mol. The molecule has 3 aliphatic heterocycles. The number of methoxy groups -OCH3 is 1. The average molecular weight is 1230 g/mol. The second kappa shape index (κ2) is 26.8. The number of anilines is 2. The fraction of sp³-hybridized carbons (Fsp3) is 0.433. The SMILES string of the molecule is COC(=O)c1nc(N2CCc3cccc(C(=O)Nc4nc5ccccc5s4)c3C2)sc1CCCOc1ccc(C#CCN2CCC3(CCC(C(=O)N[C@H](C(=O)N4C[C@H](O)C[C@H]4C(=O)NCc4ccc(-c5scnc5C)cc4)C(C)(C)C)CC3)CC2)cc1. The maximum absolute atomic E-state index is 14.4. The molecule has 2 saturated heterocycles. The van der Waals surface area contributed by atoms with Gasteiger partial charge in [0, 0.05) is 54.5 Å². The minimum Gasteiger partial charge on any atom is -0.494 e. The Balaban J connectivity index is 0.605. The van der Waals surface area contributed by atoms with Gasteiger partial charge >= 0.3 is 5.97 Å². The maximum atomic E-state index is 14.4. The van der Waals surface area contributed by atoms with Crippen LogP contribution in [0.25, 0.3) is 20.7 Å². The topological polar surface area (TPSA) is 209 Å².